The van der Waals surface area contributed by atoms with Crippen molar-refractivity contribution >= 4 is 17.6 Å². The molecule has 0 fully saturated rings. The maximum atomic E-state index is 11.8. The van der Waals surface area contributed by atoms with Gasteiger partial charge in [-0.15, -0.1) is 0 Å². The van der Waals surface area contributed by atoms with E-state index in [0.717, 1.165) is 5.56 Å². The molecule has 2 aromatic rings. The first-order chi connectivity index (χ1) is 10.1. The third-order valence-electron chi connectivity index (χ3n) is 2.83. The highest BCUT2D eigenvalue weighted by molar-refractivity contribution is 6.32. The second kappa shape index (κ2) is 7.70. The molecule has 2 aromatic carbocycles. The van der Waals surface area contributed by atoms with Crippen LogP contribution >= 0.6 is 11.6 Å². The molecule has 0 N–H and O–H groups in total. The summed E-state index contributed by atoms with van der Waals surface area (Å²) in [6.07, 6.45) is -0.0745. The second-order valence-corrected chi connectivity index (χ2v) is 5.11. The van der Waals surface area contributed by atoms with Crippen LogP contribution < -0.4 is 4.74 Å². The number of carbonyl (C=O) groups excluding carboxylic acids is 1. The van der Waals surface area contributed by atoms with Crippen molar-refractivity contribution in [1.82, 2.24) is 0 Å². The van der Waals surface area contributed by atoms with Gasteiger partial charge in [0.1, 0.15) is 18.5 Å². The Kier molecular flexibility index (Phi) is 5.64. The number of carbonyl (C=O) groups is 1. The molecule has 0 aliphatic carbocycles. The van der Waals surface area contributed by atoms with Gasteiger partial charge in [-0.3, -0.25) is 4.79 Å². The number of para-hydroxylation sites is 1. The molecule has 2 rings (SSSR count). The Balaban J connectivity index is 1.78. The standard InChI is InChI=1S/C17H17ClO3/c1-13(12-20-16-10-6-5-9-15(16)18)21-17(19)11-14-7-3-2-4-8-14/h2-10,13H,11-12H2,1H3/t13-/m1/s1. The summed E-state index contributed by atoms with van der Waals surface area (Å²) >= 11 is 5.99. The molecule has 1 atom stereocenters. The molecule has 110 valence electrons. The van der Waals surface area contributed by atoms with E-state index in [4.69, 9.17) is 21.1 Å². The predicted octanol–water partition coefficient (Wildman–Crippen LogP) is 3.89. The normalized spacial score (nSPS) is 11.7. The highest BCUT2D eigenvalue weighted by atomic mass is 35.5. The van der Waals surface area contributed by atoms with Crippen molar-refractivity contribution in [2.24, 2.45) is 0 Å². The summed E-state index contributed by atoms with van der Waals surface area (Å²) in [5.74, 6) is 0.321. The van der Waals surface area contributed by atoms with Gasteiger partial charge in [-0.2, -0.15) is 0 Å². The average Bonchev–Trinajstić information content (AvgIpc) is 2.47. The first-order valence-corrected chi connectivity index (χ1v) is 7.13. The van der Waals surface area contributed by atoms with Crippen LogP contribution in [0.3, 0.4) is 0 Å². The topological polar surface area (TPSA) is 35.5 Å². The number of hydrogen-bond donors (Lipinski definition) is 0. The Morgan fingerprint density at radius 2 is 1.76 bits per heavy atom. The van der Waals surface area contributed by atoms with E-state index in [2.05, 4.69) is 0 Å². The summed E-state index contributed by atoms with van der Waals surface area (Å²) in [6.45, 7) is 2.06. The fraction of sp³-hybridized carbons (Fsp3) is 0.235. The van der Waals surface area contributed by atoms with E-state index in [9.17, 15) is 4.79 Å². The Morgan fingerprint density at radius 1 is 1.10 bits per heavy atom. The highest BCUT2D eigenvalue weighted by Gasteiger charge is 2.11. The summed E-state index contributed by atoms with van der Waals surface area (Å²) in [5.41, 5.74) is 0.932. The third kappa shape index (κ3) is 5.12. The van der Waals surface area contributed by atoms with Gasteiger partial charge in [0.05, 0.1) is 11.4 Å². The predicted molar refractivity (Wildman–Crippen MR) is 82.6 cm³/mol. The van der Waals surface area contributed by atoms with Crippen molar-refractivity contribution in [3.63, 3.8) is 0 Å². The number of esters is 1. The molecule has 0 aliphatic heterocycles. The maximum absolute atomic E-state index is 11.8. The van der Waals surface area contributed by atoms with Crippen molar-refractivity contribution in [1.29, 1.82) is 0 Å². The zero-order valence-corrected chi connectivity index (χ0v) is 12.5. The summed E-state index contributed by atoms with van der Waals surface area (Å²) in [6, 6.07) is 16.7. The largest absolute Gasteiger partial charge is 0.488 e. The van der Waals surface area contributed by atoms with Gasteiger partial charge < -0.3 is 9.47 Å². The van der Waals surface area contributed by atoms with Crippen LogP contribution in [0.2, 0.25) is 5.02 Å². The Labute approximate surface area is 129 Å². The summed E-state index contributed by atoms with van der Waals surface area (Å²) < 4.78 is 10.8. The van der Waals surface area contributed by atoms with Crippen molar-refractivity contribution in [3.05, 3.63) is 65.2 Å². The lowest BCUT2D eigenvalue weighted by Crippen LogP contribution is -2.23. The summed E-state index contributed by atoms with van der Waals surface area (Å²) in [7, 11) is 0. The molecule has 0 saturated carbocycles. The number of rotatable bonds is 6. The van der Waals surface area contributed by atoms with Crippen LogP contribution in [-0.2, 0) is 16.0 Å². The molecule has 0 aliphatic rings. The van der Waals surface area contributed by atoms with Gasteiger partial charge in [0.25, 0.3) is 0 Å². The van der Waals surface area contributed by atoms with Crippen LogP contribution in [0.1, 0.15) is 12.5 Å². The molecule has 0 spiro atoms. The van der Waals surface area contributed by atoms with E-state index in [-0.39, 0.29) is 25.1 Å². The molecule has 0 saturated heterocycles. The molecule has 0 amide bonds. The fourth-order valence-electron chi connectivity index (χ4n) is 1.83. The van der Waals surface area contributed by atoms with E-state index in [1.54, 1.807) is 19.1 Å². The van der Waals surface area contributed by atoms with Crippen LogP contribution in [0.15, 0.2) is 54.6 Å². The Morgan fingerprint density at radius 3 is 2.48 bits per heavy atom. The summed E-state index contributed by atoms with van der Waals surface area (Å²) in [5, 5.41) is 0.542. The fourth-order valence-corrected chi connectivity index (χ4v) is 2.02. The molecule has 0 heterocycles. The van der Waals surface area contributed by atoms with E-state index < -0.39 is 0 Å². The van der Waals surface area contributed by atoms with Crippen LogP contribution in [0.5, 0.6) is 5.75 Å². The molecule has 3 nitrogen and oxygen atoms in total. The quantitative estimate of drug-likeness (QED) is 0.759. The van der Waals surface area contributed by atoms with Gasteiger partial charge in [-0.25, -0.2) is 0 Å². The monoisotopic (exact) mass is 304 g/mol. The average molecular weight is 305 g/mol. The van der Waals surface area contributed by atoms with Gasteiger partial charge in [-0.1, -0.05) is 54.1 Å². The van der Waals surface area contributed by atoms with Crippen molar-refractivity contribution in [3.8, 4) is 5.75 Å². The minimum absolute atomic E-state index is 0.261. The molecule has 4 heteroatoms. The molecular weight excluding hydrogens is 288 g/mol. The smallest absolute Gasteiger partial charge is 0.310 e. The van der Waals surface area contributed by atoms with Gasteiger partial charge >= 0.3 is 5.97 Å². The minimum Gasteiger partial charge on any atom is -0.488 e. The van der Waals surface area contributed by atoms with Crippen molar-refractivity contribution in [2.75, 3.05) is 6.61 Å². The highest BCUT2D eigenvalue weighted by Crippen LogP contribution is 2.23. The minimum atomic E-state index is -0.336. The van der Waals surface area contributed by atoms with E-state index >= 15 is 0 Å². The lowest BCUT2D eigenvalue weighted by Gasteiger charge is -2.15. The molecule has 0 aromatic heterocycles. The lowest BCUT2D eigenvalue weighted by molar-refractivity contribution is -0.148. The zero-order valence-electron chi connectivity index (χ0n) is 11.8. The van der Waals surface area contributed by atoms with Gasteiger partial charge in [-0.05, 0) is 24.6 Å². The number of hydrogen-bond acceptors (Lipinski definition) is 3. The van der Waals surface area contributed by atoms with E-state index in [1.807, 2.05) is 42.5 Å². The summed E-state index contributed by atoms with van der Waals surface area (Å²) in [4.78, 5) is 11.8. The molecular formula is C17H17ClO3. The number of ether oxygens (including phenoxy) is 2. The number of benzene rings is 2. The second-order valence-electron chi connectivity index (χ2n) is 4.70. The third-order valence-corrected chi connectivity index (χ3v) is 3.15. The lowest BCUT2D eigenvalue weighted by atomic mass is 10.1. The van der Waals surface area contributed by atoms with Crippen LogP contribution in [-0.4, -0.2) is 18.7 Å². The molecule has 0 radical (unpaired) electrons. The van der Waals surface area contributed by atoms with Gasteiger partial charge in [0.15, 0.2) is 0 Å². The SMILES string of the molecule is C[C@H](COc1ccccc1Cl)OC(=O)Cc1ccccc1. The van der Waals surface area contributed by atoms with Gasteiger partial charge in [0.2, 0.25) is 0 Å². The Bertz CT molecular complexity index is 584. The first-order valence-electron chi connectivity index (χ1n) is 6.76. The number of halogens is 1. The van der Waals surface area contributed by atoms with Gasteiger partial charge in [0, 0.05) is 0 Å². The van der Waals surface area contributed by atoms with Crippen LogP contribution in [0, 0.1) is 0 Å². The Hall–Kier alpha value is -2.00. The van der Waals surface area contributed by atoms with E-state index in [1.165, 1.54) is 0 Å². The van der Waals surface area contributed by atoms with E-state index in [0.29, 0.717) is 10.8 Å². The van der Waals surface area contributed by atoms with Crippen LogP contribution in [0.4, 0.5) is 0 Å². The van der Waals surface area contributed by atoms with Crippen molar-refractivity contribution < 1.29 is 14.3 Å². The zero-order chi connectivity index (χ0) is 15.1. The molecule has 21 heavy (non-hydrogen) atoms. The van der Waals surface area contributed by atoms with Crippen molar-refractivity contribution in [2.45, 2.75) is 19.4 Å². The molecule has 0 unspecified atom stereocenters. The van der Waals surface area contributed by atoms with Crippen LogP contribution in [0.25, 0.3) is 0 Å². The molecule has 0 bridgehead atoms. The first kappa shape index (κ1) is 15.4. The maximum Gasteiger partial charge on any atom is 0.310 e.